The van der Waals surface area contributed by atoms with Crippen molar-refractivity contribution in [2.24, 2.45) is 11.1 Å². The van der Waals surface area contributed by atoms with Gasteiger partial charge in [-0.05, 0) is 26.0 Å². The van der Waals surface area contributed by atoms with E-state index >= 15 is 0 Å². The molecule has 0 spiro atoms. The second-order valence-electron chi connectivity index (χ2n) is 7.44. The Kier molecular flexibility index (Phi) is 6.49. The minimum absolute atomic E-state index is 0.0547. The zero-order chi connectivity index (χ0) is 20.2. The highest BCUT2D eigenvalue weighted by Crippen LogP contribution is 2.50. The number of methoxy groups -OCH3 is 1. The summed E-state index contributed by atoms with van der Waals surface area (Å²) in [5.74, 6) is 0.155. The van der Waals surface area contributed by atoms with Crippen molar-refractivity contribution in [1.82, 2.24) is 4.90 Å². The number of rotatable bonds is 8. The molecule has 0 aliphatic heterocycles. The fourth-order valence-electron chi connectivity index (χ4n) is 3.48. The average Bonchev–Trinajstić information content (AvgIpc) is 2.65. The third-order valence-corrected chi connectivity index (χ3v) is 5.57. The fraction of sp³-hybridized carbons (Fsp3) is 0.600. The Bertz CT molecular complexity index is 692. The second-order valence-corrected chi connectivity index (χ2v) is 7.44. The molecule has 3 N–H and O–H groups in total. The highest BCUT2D eigenvalue weighted by molar-refractivity contribution is 5.97. The lowest BCUT2D eigenvalue weighted by molar-refractivity contribution is -0.179. The van der Waals surface area contributed by atoms with Gasteiger partial charge >= 0.3 is 0 Å². The van der Waals surface area contributed by atoms with E-state index in [1.54, 1.807) is 31.4 Å². The molecule has 150 valence electrons. The van der Waals surface area contributed by atoms with E-state index in [9.17, 15) is 9.59 Å². The van der Waals surface area contributed by atoms with Gasteiger partial charge in [-0.1, -0.05) is 19.9 Å². The molecule has 7 nitrogen and oxygen atoms in total. The van der Waals surface area contributed by atoms with Crippen LogP contribution >= 0.6 is 0 Å². The summed E-state index contributed by atoms with van der Waals surface area (Å²) in [5.41, 5.74) is 5.57. The number of nitrogens with two attached hydrogens (primary N) is 1. The number of carbonyl (C=O) groups is 2. The van der Waals surface area contributed by atoms with Crippen LogP contribution in [0, 0.1) is 5.41 Å². The van der Waals surface area contributed by atoms with Crippen LogP contribution in [0.5, 0.6) is 5.75 Å². The number of ether oxygens (including phenoxy) is 2. The topological polar surface area (TPSA) is 93.9 Å². The molecule has 1 aromatic rings. The molecule has 2 amide bonds. The summed E-state index contributed by atoms with van der Waals surface area (Å²) in [5, 5.41) is 2.80. The predicted molar refractivity (Wildman–Crippen MR) is 105 cm³/mol. The molecule has 0 saturated heterocycles. The highest BCUT2D eigenvalue weighted by atomic mass is 16.5. The van der Waals surface area contributed by atoms with Crippen LogP contribution in [0.3, 0.4) is 0 Å². The van der Waals surface area contributed by atoms with E-state index in [1.165, 1.54) is 4.90 Å². The van der Waals surface area contributed by atoms with Crippen molar-refractivity contribution in [2.45, 2.75) is 45.8 Å². The van der Waals surface area contributed by atoms with Crippen molar-refractivity contribution >= 4 is 17.5 Å². The molecule has 7 heteroatoms. The van der Waals surface area contributed by atoms with Crippen molar-refractivity contribution in [3.8, 4) is 5.75 Å². The standard InChI is InChI=1S/C20H31N3O4/c1-6-23(13-17(24)22-14-9-8-10-15(11-14)26-5)18(25)20(21)12-16(27-7-2)19(20,3)4/h8-11,16H,6-7,12-13,21H2,1-5H3,(H,22,24). The molecule has 27 heavy (non-hydrogen) atoms. The van der Waals surface area contributed by atoms with Gasteiger partial charge in [0.25, 0.3) is 0 Å². The van der Waals surface area contributed by atoms with E-state index in [1.807, 2.05) is 27.7 Å². The number of hydrogen-bond acceptors (Lipinski definition) is 5. The molecule has 1 aliphatic rings. The zero-order valence-electron chi connectivity index (χ0n) is 16.9. The molecule has 1 fully saturated rings. The Labute approximate surface area is 161 Å². The van der Waals surface area contributed by atoms with Gasteiger partial charge in [-0.25, -0.2) is 0 Å². The number of nitrogens with zero attached hydrogens (tertiary/aromatic N) is 1. The number of anilines is 1. The van der Waals surface area contributed by atoms with Crippen molar-refractivity contribution < 1.29 is 19.1 Å². The highest BCUT2D eigenvalue weighted by Gasteiger charge is 2.63. The molecule has 2 unspecified atom stereocenters. The monoisotopic (exact) mass is 377 g/mol. The lowest BCUT2D eigenvalue weighted by atomic mass is 9.54. The number of nitrogens with one attached hydrogen (secondary N) is 1. The molecule has 0 heterocycles. The summed E-state index contributed by atoms with van der Waals surface area (Å²) in [6.45, 7) is 8.58. The van der Waals surface area contributed by atoms with Crippen LogP contribution in [0.15, 0.2) is 24.3 Å². The minimum Gasteiger partial charge on any atom is -0.497 e. The van der Waals surface area contributed by atoms with Crippen LogP contribution in [0.1, 0.15) is 34.1 Å². The van der Waals surface area contributed by atoms with E-state index < -0.39 is 11.0 Å². The van der Waals surface area contributed by atoms with Gasteiger partial charge in [-0.2, -0.15) is 0 Å². The summed E-state index contributed by atoms with van der Waals surface area (Å²) in [6.07, 6.45) is 0.404. The van der Waals surface area contributed by atoms with E-state index in [-0.39, 0.29) is 24.5 Å². The van der Waals surface area contributed by atoms with Crippen LogP contribution in [-0.2, 0) is 14.3 Å². The lowest BCUT2D eigenvalue weighted by Crippen LogP contribution is -2.76. The van der Waals surface area contributed by atoms with Gasteiger partial charge < -0.3 is 25.4 Å². The van der Waals surface area contributed by atoms with Gasteiger partial charge in [-0.3, -0.25) is 9.59 Å². The van der Waals surface area contributed by atoms with Gasteiger partial charge in [0.2, 0.25) is 11.8 Å². The number of hydrogen-bond donors (Lipinski definition) is 2. The van der Waals surface area contributed by atoms with Gasteiger partial charge in [0.05, 0.1) is 19.8 Å². The molecule has 0 aromatic heterocycles. The molecule has 0 bridgehead atoms. The molecule has 2 atom stereocenters. The summed E-state index contributed by atoms with van der Waals surface area (Å²) in [4.78, 5) is 27.0. The zero-order valence-corrected chi connectivity index (χ0v) is 16.9. The minimum atomic E-state index is -1.03. The number of likely N-dealkylation sites (N-methyl/N-ethyl adjacent to an activating group) is 1. The van der Waals surface area contributed by atoms with E-state index in [4.69, 9.17) is 15.2 Å². The fourth-order valence-corrected chi connectivity index (χ4v) is 3.48. The van der Waals surface area contributed by atoms with Crippen molar-refractivity contribution in [3.63, 3.8) is 0 Å². The second kappa shape index (κ2) is 8.27. The number of carbonyl (C=O) groups excluding carboxylic acids is 2. The van der Waals surface area contributed by atoms with Crippen LogP contribution in [0.25, 0.3) is 0 Å². The average molecular weight is 377 g/mol. The molecule has 2 rings (SSSR count). The van der Waals surface area contributed by atoms with E-state index in [0.717, 1.165) is 0 Å². The smallest absolute Gasteiger partial charge is 0.243 e. The van der Waals surface area contributed by atoms with Gasteiger partial charge in [-0.15, -0.1) is 0 Å². The maximum Gasteiger partial charge on any atom is 0.243 e. The molecule has 1 aliphatic carbocycles. The van der Waals surface area contributed by atoms with Gasteiger partial charge in [0.15, 0.2) is 0 Å². The van der Waals surface area contributed by atoms with Crippen molar-refractivity contribution in [2.75, 3.05) is 32.1 Å². The molecular weight excluding hydrogens is 346 g/mol. The molecule has 0 radical (unpaired) electrons. The Morgan fingerprint density at radius 1 is 1.33 bits per heavy atom. The first kappa shape index (κ1) is 21.2. The normalized spacial score (nSPS) is 23.3. The van der Waals surface area contributed by atoms with Crippen molar-refractivity contribution in [3.05, 3.63) is 24.3 Å². The van der Waals surface area contributed by atoms with Gasteiger partial charge in [0, 0.05) is 36.7 Å². The maximum absolute atomic E-state index is 13.1. The summed E-state index contributed by atoms with van der Waals surface area (Å²) >= 11 is 0. The van der Waals surface area contributed by atoms with Crippen LogP contribution in [-0.4, -0.2) is 55.2 Å². The maximum atomic E-state index is 13.1. The summed E-state index contributed by atoms with van der Waals surface area (Å²) < 4.78 is 10.8. The third kappa shape index (κ3) is 4.09. The van der Waals surface area contributed by atoms with Crippen LogP contribution < -0.4 is 15.8 Å². The van der Waals surface area contributed by atoms with Crippen molar-refractivity contribution in [1.29, 1.82) is 0 Å². The SMILES string of the molecule is CCOC1CC(N)(C(=O)N(CC)CC(=O)Nc2cccc(OC)c2)C1(C)C. The van der Waals surface area contributed by atoms with E-state index in [2.05, 4.69) is 5.32 Å². The largest absolute Gasteiger partial charge is 0.497 e. The van der Waals surface area contributed by atoms with Crippen LogP contribution in [0.2, 0.25) is 0 Å². The first-order valence-corrected chi connectivity index (χ1v) is 9.33. The Morgan fingerprint density at radius 2 is 2.04 bits per heavy atom. The Morgan fingerprint density at radius 3 is 2.59 bits per heavy atom. The lowest BCUT2D eigenvalue weighted by Gasteiger charge is -2.58. The van der Waals surface area contributed by atoms with E-state index in [0.29, 0.717) is 31.0 Å². The molecule has 1 saturated carbocycles. The van der Waals surface area contributed by atoms with Gasteiger partial charge in [0.1, 0.15) is 11.3 Å². The quantitative estimate of drug-likeness (QED) is 0.723. The number of amides is 2. The summed E-state index contributed by atoms with van der Waals surface area (Å²) in [7, 11) is 1.56. The predicted octanol–water partition coefficient (Wildman–Crippen LogP) is 2.01. The third-order valence-electron chi connectivity index (χ3n) is 5.57. The first-order chi connectivity index (χ1) is 12.7. The molecular formula is C20H31N3O4. The Balaban J connectivity index is 2.03. The summed E-state index contributed by atoms with van der Waals surface area (Å²) in [6, 6.07) is 7.08. The first-order valence-electron chi connectivity index (χ1n) is 9.33. The van der Waals surface area contributed by atoms with Crippen LogP contribution in [0.4, 0.5) is 5.69 Å². The number of benzene rings is 1. The Hall–Kier alpha value is -2.12. The molecule has 1 aromatic carbocycles.